The lowest BCUT2D eigenvalue weighted by Crippen LogP contribution is -2.61. The van der Waals surface area contributed by atoms with Gasteiger partial charge in [-0.1, -0.05) is 249 Å². The van der Waals surface area contributed by atoms with Crippen molar-refractivity contribution in [2.24, 2.45) is 0 Å². The van der Waals surface area contributed by atoms with Gasteiger partial charge in [0.15, 0.2) is 0 Å². The van der Waals surface area contributed by atoms with Crippen LogP contribution in [-0.4, -0.2) is 15.8 Å². The molecule has 0 saturated heterocycles. The fourth-order valence-corrected chi connectivity index (χ4v) is 18.4. The van der Waals surface area contributed by atoms with Crippen LogP contribution in [0.2, 0.25) is 0 Å². The third-order valence-corrected chi connectivity index (χ3v) is 24.2. The Kier molecular flexibility index (Phi) is 11.0. The van der Waals surface area contributed by atoms with Gasteiger partial charge in [0.05, 0.1) is 55.4 Å². The largest absolute Gasteiger partial charge is 0.311 e. The molecule has 6 heterocycles. The second kappa shape index (κ2) is 23.0. The molecule has 13 aromatic carbocycles. The summed E-state index contributed by atoms with van der Waals surface area (Å²) in [6.45, 7) is 32.9. The number of anilines is 6. The number of hydrogen-bond donors (Lipinski definition) is 0. The van der Waals surface area contributed by atoms with Crippen LogP contribution in [0.4, 0.5) is 34.1 Å². The summed E-state index contributed by atoms with van der Waals surface area (Å²) >= 11 is 3.39. The first-order valence-corrected chi connectivity index (χ1v) is 37.8. The van der Waals surface area contributed by atoms with Gasteiger partial charge >= 0.3 is 0 Å². The molecule has 514 valence electrons. The van der Waals surface area contributed by atoms with Crippen molar-refractivity contribution in [2.75, 3.05) is 9.80 Å². The van der Waals surface area contributed by atoms with Crippen LogP contribution in [0.1, 0.15) is 154 Å². The van der Waals surface area contributed by atoms with E-state index in [2.05, 4.69) is 235 Å². The summed E-state index contributed by atoms with van der Waals surface area (Å²) in [5.74, 6) is 0. The van der Waals surface area contributed by atoms with E-state index in [1.165, 1.54) is 22.3 Å². The van der Waals surface area contributed by atoms with Gasteiger partial charge in [-0.15, -0.1) is 22.7 Å². The number of fused-ring (bicyclic) bond motifs is 16. The average Bonchev–Trinajstić information content (AvgIpc) is 1.68. The molecule has 0 atom stereocenters. The SMILES string of the molecule is [2H]c1c([2H])c([2H])c2c(c1[2H])c1c([2H])c([2H])c([2H])c([2H])c1n2-c1ccc2c(c1)N(c1cccc3sc4ccc(-c5cc(C(C)(C)C)cc(C(C)(C)C)c5)cc4c13)c1cc(C(C)(C)C)cc3c1B2c1ccc(-n2c4c([2H])c([2H])c([2H])c([2H])c4c4c([2H])c([2H])c([2H])c([2H])c42)cc1N3c1cccc2sc3ccc(-c4cc(C(C)(C)C)cc(C(C)(C)C)c4)cc3c12. The average molecular weight is 1410 g/mol. The predicted molar refractivity (Wildman–Crippen MR) is 459 cm³/mol. The lowest BCUT2D eigenvalue weighted by molar-refractivity contribution is 0.568. The molecule has 0 fully saturated rings. The van der Waals surface area contributed by atoms with Crippen LogP contribution in [-0.2, 0) is 27.1 Å². The van der Waals surface area contributed by atoms with Crippen LogP contribution in [0.3, 0.4) is 0 Å². The number of para-hydroxylation sites is 4. The van der Waals surface area contributed by atoms with Crippen molar-refractivity contribution in [3.8, 4) is 33.6 Å². The van der Waals surface area contributed by atoms with Gasteiger partial charge in [0.2, 0.25) is 0 Å². The number of hydrogen-bond acceptors (Lipinski definition) is 4. The molecular weight excluding hydrogens is 1310 g/mol. The molecule has 0 spiro atoms. The van der Waals surface area contributed by atoms with Gasteiger partial charge in [-0.2, -0.15) is 0 Å². The zero-order chi connectivity index (χ0) is 86.2. The van der Waals surface area contributed by atoms with Crippen LogP contribution >= 0.6 is 22.7 Å². The minimum Gasteiger partial charge on any atom is -0.311 e. The van der Waals surface area contributed by atoms with Crippen molar-refractivity contribution in [1.82, 2.24) is 9.13 Å². The normalized spacial score (nSPS) is 15.7. The van der Waals surface area contributed by atoms with Gasteiger partial charge in [0.1, 0.15) is 0 Å². The lowest BCUT2D eigenvalue weighted by Gasteiger charge is -2.45. The summed E-state index contributed by atoms with van der Waals surface area (Å²) in [7, 11) is 0. The molecule has 0 saturated carbocycles. The molecule has 2 aliphatic rings. The number of thiophene rings is 2. The zero-order valence-electron chi connectivity index (χ0n) is 77.7. The van der Waals surface area contributed by atoms with E-state index in [4.69, 9.17) is 5.48 Å². The maximum atomic E-state index is 9.83. The highest BCUT2D eigenvalue weighted by Gasteiger charge is 2.46. The molecule has 0 N–H and O–H groups in total. The molecule has 4 aromatic heterocycles. The van der Waals surface area contributed by atoms with Gasteiger partial charge in [-0.25, -0.2) is 0 Å². The molecule has 17 aromatic rings. The quantitative estimate of drug-likeness (QED) is 0.154. The first-order chi connectivity index (χ1) is 56.8. The molecule has 0 bridgehead atoms. The molecule has 105 heavy (non-hydrogen) atoms. The second-order valence-electron chi connectivity index (χ2n) is 33.9. The smallest absolute Gasteiger partial charge is 0.252 e. The number of aromatic nitrogens is 2. The van der Waals surface area contributed by atoms with E-state index in [9.17, 15) is 16.4 Å². The van der Waals surface area contributed by atoms with Gasteiger partial charge in [0, 0.05) is 96.0 Å². The summed E-state index contributed by atoms with van der Waals surface area (Å²) in [5, 5.41) is 3.73. The summed E-state index contributed by atoms with van der Waals surface area (Å²) in [4.78, 5) is 4.67. The van der Waals surface area contributed by atoms with Gasteiger partial charge in [-0.3, -0.25) is 0 Å². The van der Waals surface area contributed by atoms with Crippen LogP contribution in [0.15, 0.2) is 254 Å². The van der Waals surface area contributed by atoms with Crippen molar-refractivity contribution in [1.29, 1.82) is 0 Å². The Morgan fingerprint density at radius 1 is 0.286 bits per heavy atom. The van der Waals surface area contributed by atoms with Crippen LogP contribution in [0.5, 0.6) is 0 Å². The minimum atomic E-state index is -0.700. The van der Waals surface area contributed by atoms with Gasteiger partial charge in [0.25, 0.3) is 6.71 Å². The number of nitrogens with zero attached hydrogens (tertiary/aromatic N) is 4. The first kappa shape index (κ1) is 50.1. The van der Waals surface area contributed by atoms with Crippen molar-refractivity contribution in [3.05, 3.63) is 282 Å². The maximum absolute atomic E-state index is 9.83. The standard InChI is InChI=1S/C98H87BN4S2/c1-94(2,3)62-46-60(47-63(52-62)95(4,5)6)58-38-44-87-73(50-58)91-81(34-24-36-89(91)104-87)102-83-56-67(100-77-30-20-16-26-69(77)70-27-17-21-31-78(70)100)40-42-75(83)99-76-43-41-68(101-79-32-22-18-28-71(79)72-29-19-23-33-80(72)101)57-84(76)103(86-55-66(98(13,14)15)54-85(102)93(86)99)82-35-25-37-90-92(82)74-51-59(39-45-88(74)105-90)61-48-64(96(7,8)9)53-65(49-61)97(10,11)12/h16-57H,1-15H3/i16D,17D,18D,19D,20D,21D,22D,23D,26D,27D,28D,29D,30D,31D,32D,33D. The molecule has 0 aliphatic carbocycles. The van der Waals surface area contributed by atoms with E-state index in [0.29, 0.717) is 22.7 Å². The zero-order valence-corrected chi connectivity index (χ0v) is 63.3. The summed E-state index contributed by atoms with van der Waals surface area (Å²) in [6, 6.07) is 48.7. The number of benzene rings is 13. The summed E-state index contributed by atoms with van der Waals surface area (Å²) in [5.41, 5.74) is 16.3. The molecule has 0 unspecified atom stereocenters. The first-order valence-electron chi connectivity index (χ1n) is 44.2. The molecule has 7 heteroatoms. The highest BCUT2D eigenvalue weighted by molar-refractivity contribution is 7.26. The minimum absolute atomic E-state index is 0.0297. The third-order valence-electron chi connectivity index (χ3n) is 21.9. The van der Waals surface area contributed by atoms with E-state index in [1.54, 1.807) is 31.8 Å². The molecule has 0 radical (unpaired) electrons. The predicted octanol–water partition coefficient (Wildman–Crippen LogP) is 26.5. The molecular formula is C98H87BN4S2. The van der Waals surface area contributed by atoms with Crippen molar-refractivity contribution in [2.45, 2.75) is 131 Å². The maximum Gasteiger partial charge on any atom is 0.252 e. The highest BCUT2D eigenvalue weighted by Crippen LogP contribution is 2.54. The Labute approximate surface area is 648 Å². The van der Waals surface area contributed by atoms with E-state index in [0.717, 1.165) is 107 Å². The topological polar surface area (TPSA) is 16.3 Å². The van der Waals surface area contributed by atoms with Crippen LogP contribution in [0.25, 0.3) is 118 Å². The third kappa shape index (κ3) is 10.3. The Balaban J connectivity index is 0.974. The Bertz CT molecular complexity index is 6890. The monoisotopic (exact) mass is 1410 g/mol. The second-order valence-corrected chi connectivity index (χ2v) is 36.0. The van der Waals surface area contributed by atoms with E-state index in [1.807, 2.05) is 36.4 Å². The summed E-state index contributed by atoms with van der Waals surface area (Å²) < 4.78 is 158. The van der Waals surface area contributed by atoms with Crippen LogP contribution < -0.4 is 26.2 Å². The summed E-state index contributed by atoms with van der Waals surface area (Å²) in [6.07, 6.45) is 0. The molecule has 19 rings (SSSR count). The Hall–Kier alpha value is -10.4. The fourth-order valence-electron chi connectivity index (χ4n) is 16.2. The fraction of sp³-hybridized carbons (Fsp3) is 0.204. The molecule has 2 aliphatic heterocycles. The van der Waals surface area contributed by atoms with Crippen molar-refractivity contribution < 1.29 is 21.9 Å². The van der Waals surface area contributed by atoms with Crippen molar-refractivity contribution in [3.63, 3.8) is 0 Å². The van der Waals surface area contributed by atoms with E-state index >= 15 is 0 Å². The molecule has 0 amide bonds. The Morgan fingerprint density at radius 2 is 0.619 bits per heavy atom. The lowest BCUT2D eigenvalue weighted by atomic mass is 9.33. The van der Waals surface area contributed by atoms with Gasteiger partial charge in [-0.05, 0) is 203 Å². The van der Waals surface area contributed by atoms with Gasteiger partial charge < -0.3 is 18.9 Å². The van der Waals surface area contributed by atoms with Crippen LogP contribution in [0, 0.1) is 0 Å². The van der Waals surface area contributed by atoms with E-state index in [-0.39, 0.29) is 65.3 Å². The van der Waals surface area contributed by atoms with Crippen molar-refractivity contribution >= 4 is 164 Å². The number of rotatable bonds is 6. The van der Waals surface area contributed by atoms with E-state index < -0.39 is 109 Å². The molecule has 4 nitrogen and oxygen atoms in total. The Morgan fingerprint density at radius 3 is 0.962 bits per heavy atom. The highest BCUT2D eigenvalue weighted by atomic mass is 32.1.